The number of likely N-dealkylation sites (N-methyl/N-ethyl adjacent to an activating group) is 1. The molecule has 3 rings (SSSR count). The van der Waals surface area contributed by atoms with E-state index in [0.29, 0.717) is 55.8 Å². The van der Waals surface area contributed by atoms with Gasteiger partial charge in [-0.3, -0.25) is 9.59 Å². The first-order chi connectivity index (χ1) is 14.9. The Hall–Kier alpha value is -2.63. The largest absolute Gasteiger partial charge is 0.493 e. The lowest BCUT2D eigenvalue weighted by Crippen LogP contribution is -2.47. The number of benzene rings is 1. The fourth-order valence-electron chi connectivity index (χ4n) is 4.11. The minimum atomic E-state index is -0.225. The number of ether oxygens (including phenoxy) is 3. The summed E-state index contributed by atoms with van der Waals surface area (Å²) in [6.45, 7) is 1.29. The molecule has 168 valence electrons. The van der Waals surface area contributed by atoms with Crippen LogP contribution in [-0.4, -0.2) is 80.8 Å². The summed E-state index contributed by atoms with van der Waals surface area (Å²) in [6.07, 6.45) is 3.02. The number of amides is 2. The standard InChI is InChI=1S/C23H31N3O5/c1-25-11-4-5-22(27)26(2)15-21-20(29-3)9-7-17(31-21)10-12-30-19-8-6-16(14-24)13-18(19)23(25)28/h6,8,13,17,20-21H,4-5,7,9-12,15H2,1-3H3/t17-,20+,21-/m1/s1. The predicted molar refractivity (Wildman–Crippen MR) is 114 cm³/mol. The van der Waals surface area contributed by atoms with Gasteiger partial charge in [-0.1, -0.05) is 0 Å². The number of nitriles is 1. The van der Waals surface area contributed by atoms with Crippen molar-refractivity contribution in [1.82, 2.24) is 9.80 Å². The Bertz CT molecular complexity index is 837. The zero-order valence-corrected chi connectivity index (χ0v) is 18.5. The minimum Gasteiger partial charge on any atom is -0.493 e. The lowest BCUT2D eigenvalue weighted by Gasteiger charge is -2.37. The van der Waals surface area contributed by atoms with Crippen molar-refractivity contribution in [2.75, 3.05) is 40.9 Å². The monoisotopic (exact) mass is 429 g/mol. The van der Waals surface area contributed by atoms with Gasteiger partial charge in [0.05, 0.1) is 36.0 Å². The van der Waals surface area contributed by atoms with Crippen molar-refractivity contribution in [2.24, 2.45) is 0 Å². The van der Waals surface area contributed by atoms with Gasteiger partial charge >= 0.3 is 0 Å². The molecule has 0 aromatic heterocycles. The van der Waals surface area contributed by atoms with Crippen LogP contribution >= 0.6 is 0 Å². The van der Waals surface area contributed by atoms with Gasteiger partial charge in [-0.05, 0) is 37.5 Å². The van der Waals surface area contributed by atoms with E-state index in [9.17, 15) is 14.9 Å². The Morgan fingerprint density at radius 1 is 1.16 bits per heavy atom. The zero-order valence-electron chi connectivity index (χ0n) is 18.5. The maximum absolute atomic E-state index is 13.0. The van der Waals surface area contributed by atoms with E-state index in [-0.39, 0.29) is 30.1 Å². The molecule has 1 saturated heterocycles. The summed E-state index contributed by atoms with van der Waals surface area (Å²) < 4.78 is 17.8. The highest BCUT2D eigenvalue weighted by atomic mass is 16.5. The van der Waals surface area contributed by atoms with Gasteiger partial charge in [-0.25, -0.2) is 0 Å². The summed E-state index contributed by atoms with van der Waals surface area (Å²) in [5, 5.41) is 9.24. The van der Waals surface area contributed by atoms with Crippen LogP contribution in [0.1, 0.15) is 48.0 Å². The molecule has 0 radical (unpaired) electrons. The van der Waals surface area contributed by atoms with E-state index < -0.39 is 0 Å². The number of methoxy groups -OCH3 is 1. The Kier molecular flexibility index (Phi) is 7.88. The maximum Gasteiger partial charge on any atom is 0.257 e. The van der Waals surface area contributed by atoms with Gasteiger partial charge in [0.15, 0.2) is 0 Å². The zero-order chi connectivity index (χ0) is 22.4. The van der Waals surface area contributed by atoms with E-state index in [2.05, 4.69) is 6.07 Å². The number of fused-ring (bicyclic) bond motifs is 3. The molecule has 8 heteroatoms. The Balaban J connectivity index is 1.82. The van der Waals surface area contributed by atoms with Crippen LogP contribution in [0.2, 0.25) is 0 Å². The van der Waals surface area contributed by atoms with Crippen LogP contribution in [0.5, 0.6) is 5.75 Å². The number of carbonyl (C=O) groups excluding carboxylic acids is 2. The van der Waals surface area contributed by atoms with Gasteiger partial charge in [0, 0.05) is 47.1 Å². The number of hydrogen-bond donors (Lipinski definition) is 0. The first-order valence-corrected chi connectivity index (χ1v) is 10.8. The van der Waals surface area contributed by atoms with Crippen LogP contribution in [0.15, 0.2) is 18.2 Å². The molecule has 8 nitrogen and oxygen atoms in total. The summed E-state index contributed by atoms with van der Waals surface area (Å²) in [5.74, 6) is 0.252. The summed E-state index contributed by atoms with van der Waals surface area (Å²) in [4.78, 5) is 28.9. The van der Waals surface area contributed by atoms with E-state index in [1.54, 1.807) is 49.2 Å². The molecule has 2 bridgehead atoms. The molecule has 2 heterocycles. The number of rotatable bonds is 1. The average Bonchev–Trinajstić information content (AvgIpc) is 2.78. The highest BCUT2D eigenvalue weighted by Gasteiger charge is 2.33. The van der Waals surface area contributed by atoms with Crippen molar-refractivity contribution >= 4 is 11.8 Å². The first-order valence-electron chi connectivity index (χ1n) is 10.8. The molecule has 3 atom stereocenters. The lowest BCUT2D eigenvalue weighted by molar-refractivity contribution is -0.150. The molecule has 2 amide bonds. The molecule has 1 aromatic carbocycles. The summed E-state index contributed by atoms with van der Waals surface area (Å²) in [7, 11) is 5.16. The van der Waals surface area contributed by atoms with Crippen LogP contribution in [0.25, 0.3) is 0 Å². The predicted octanol–water partition coefficient (Wildman–Crippen LogP) is 2.21. The molecule has 0 aliphatic carbocycles. The molecule has 0 unspecified atom stereocenters. The molecule has 0 saturated carbocycles. The van der Waals surface area contributed by atoms with Crippen molar-refractivity contribution in [2.45, 2.75) is 50.4 Å². The molecular weight excluding hydrogens is 398 g/mol. The van der Waals surface area contributed by atoms with Crippen molar-refractivity contribution in [3.05, 3.63) is 29.3 Å². The summed E-state index contributed by atoms with van der Waals surface area (Å²) >= 11 is 0. The van der Waals surface area contributed by atoms with Crippen LogP contribution in [0, 0.1) is 11.3 Å². The van der Waals surface area contributed by atoms with Gasteiger partial charge in [0.2, 0.25) is 5.91 Å². The third-order valence-electron chi connectivity index (χ3n) is 6.00. The summed E-state index contributed by atoms with van der Waals surface area (Å²) in [5.41, 5.74) is 0.762. The molecule has 2 aliphatic rings. The molecule has 1 fully saturated rings. The van der Waals surface area contributed by atoms with Crippen molar-refractivity contribution in [1.29, 1.82) is 5.26 Å². The Morgan fingerprint density at radius 2 is 1.97 bits per heavy atom. The second-order valence-electron chi connectivity index (χ2n) is 8.21. The van der Waals surface area contributed by atoms with Gasteiger partial charge < -0.3 is 24.0 Å². The van der Waals surface area contributed by atoms with Crippen molar-refractivity contribution in [3.63, 3.8) is 0 Å². The highest BCUT2D eigenvalue weighted by Crippen LogP contribution is 2.26. The second kappa shape index (κ2) is 10.6. The SMILES string of the molecule is CO[C@H]1CC[C@@H]2CCOc3ccc(C#N)cc3C(=O)N(C)CCCC(=O)N(C)C[C@H]1O2. The van der Waals surface area contributed by atoms with Crippen LogP contribution in [-0.2, 0) is 14.3 Å². The molecule has 0 spiro atoms. The Morgan fingerprint density at radius 3 is 2.71 bits per heavy atom. The van der Waals surface area contributed by atoms with Crippen LogP contribution in [0.4, 0.5) is 0 Å². The molecule has 1 aromatic rings. The lowest BCUT2D eigenvalue weighted by atomic mass is 9.98. The van der Waals surface area contributed by atoms with E-state index in [0.717, 1.165) is 12.8 Å². The van der Waals surface area contributed by atoms with E-state index >= 15 is 0 Å². The van der Waals surface area contributed by atoms with Gasteiger partial charge in [-0.2, -0.15) is 5.26 Å². The minimum absolute atomic E-state index is 0.00647. The number of hydrogen-bond acceptors (Lipinski definition) is 6. The maximum atomic E-state index is 13.0. The number of carbonyl (C=O) groups is 2. The van der Waals surface area contributed by atoms with Gasteiger partial charge in [-0.15, -0.1) is 0 Å². The van der Waals surface area contributed by atoms with E-state index in [1.165, 1.54) is 0 Å². The van der Waals surface area contributed by atoms with E-state index in [4.69, 9.17) is 14.2 Å². The van der Waals surface area contributed by atoms with Crippen molar-refractivity contribution < 1.29 is 23.8 Å². The second-order valence-corrected chi connectivity index (χ2v) is 8.21. The smallest absolute Gasteiger partial charge is 0.257 e. The number of nitrogens with zero attached hydrogens (tertiary/aromatic N) is 3. The normalized spacial score (nSPS) is 26.1. The molecular formula is C23H31N3O5. The molecule has 31 heavy (non-hydrogen) atoms. The topological polar surface area (TPSA) is 92.1 Å². The fraction of sp³-hybridized carbons (Fsp3) is 0.609. The summed E-state index contributed by atoms with van der Waals surface area (Å²) in [6, 6.07) is 6.96. The fourth-order valence-corrected chi connectivity index (χ4v) is 4.11. The molecule has 0 N–H and O–H groups in total. The van der Waals surface area contributed by atoms with Crippen LogP contribution in [0.3, 0.4) is 0 Å². The Labute approximate surface area is 183 Å². The van der Waals surface area contributed by atoms with Crippen LogP contribution < -0.4 is 4.74 Å². The molecule has 2 aliphatic heterocycles. The average molecular weight is 430 g/mol. The highest BCUT2D eigenvalue weighted by molar-refractivity contribution is 5.97. The third-order valence-corrected chi connectivity index (χ3v) is 6.00. The van der Waals surface area contributed by atoms with E-state index in [1.807, 2.05) is 0 Å². The third kappa shape index (κ3) is 5.75. The first kappa shape index (κ1) is 23.0. The van der Waals surface area contributed by atoms with Gasteiger partial charge in [0.25, 0.3) is 5.91 Å². The van der Waals surface area contributed by atoms with Crippen molar-refractivity contribution in [3.8, 4) is 11.8 Å². The quantitative estimate of drug-likeness (QED) is 0.680. The van der Waals surface area contributed by atoms with Gasteiger partial charge in [0.1, 0.15) is 11.9 Å².